The van der Waals surface area contributed by atoms with Crippen molar-refractivity contribution in [1.29, 1.82) is 0 Å². The van der Waals surface area contributed by atoms with E-state index < -0.39 is 5.97 Å². The van der Waals surface area contributed by atoms with Gasteiger partial charge in [0.15, 0.2) is 0 Å². The highest BCUT2D eigenvalue weighted by Crippen LogP contribution is 2.26. The molecule has 1 fully saturated rings. The molecule has 0 spiro atoms. The second-order valence-electron chi connectivity index (χ2n) is 5.48. The lowest BCUT2D eigenvalue weighted by molar-refractivity contribution is -0.137. The fraction of sp³-hybridized carbons (Fsp3) is 0.667. The second kappa shape index (κ2) is 8.44. The third-order valence-electron chi connectivity index (χ3n) is 3.79. The highest BCUT2D eigenvalue weighted by molar-refractivity contribution is 5.86. The van der Waals surface area contributed by atoms with Gasteiger partial charge in [-0.3, -0.25) is 4.79 Å². The molecule has 1 aromatic rings. The van der Waals surface area contributed by atoms with Gasteiger partial charge in [0, 0.05) is 24.7 Å². The summed E-state index contributed by atoms with van der Waals surface area (Å²) in [5.74, 6) is -0.253. The van der Waals surface area contributed by atoms with Gasteiger partial charge in [-0.1, -0.05) is 18.0 Å². The molecule has 2 rings (SSSR count). The minimum absolute atomic E-state index is 0.192. The number of carboxylic acids is 1. The Hall–Kier alpha value is -1.85. The van der Waals surface area contributed by atoms with E-state index in [0.29, 0.717) is 18.9 Å². The minimum Gasteiger partial charge on any atom is -0.481 e. The van der Waals surface area contributed by atoms with Crippen LogP contribution < -0.4 is 0 Å². The largest absolute Gasteiger partial charge is 0.481 e. The van der Waals surface area contributed by atoms with Gasteiger partial charge in [-0.15, -0.1) is 0 Å². The van der Waals surface area contributed by atoms with Crippen LogP contribution in [-0.4, -0.2) is 32.9 Å². The molecule has 1 aliphatic rings. The van der Waals surface area contributed by atoms with Crippen LogP contribution >= 0.6 is 0 Å². The van der Waals surface area contributed by atoms with Crippen LogP contribution in [0.3, 0.4) is 0 Å². The smallest absolute Gasteiger partial charge is 0.303 e. The summed E-state index contributed by atoms with van der Waals surface area (Å²) in [5.41, 5.74) is 1.07. The van der Waals surface area contributed by atoms with Crippen LogP contribution in [0.4, 0.5) is 0 Å². The molecule has 21 heavy (non-hydrogen) atoms. The molecule has 0 aliphatic heterocycles. The first-order valence-corrected chi connectivity index (χ1v) is 7.62. The quantitative estimate of drug-likeness (QED) is 0.431. The third kappa shape index (κ3) is 5.57. The highest BCUT2D eigenvalue weighted by atomic mass is 16.6. The second-order valence-corrected chi connectivity index (χ2v) is 5.48. The molecule has 1 heterocycles. The standard InChI is InChI=1S/C15H23N3O3/c19-15(20)7-3-4-10-21-17-14(13-5-1-2-6-13)11-18-9-8-16-12-18/h8-9,12-13H,1-7,10-11H2,(H,19,20). The summed E-state index contributed by atoms with van der Waals surface area (Å²) in [6.07, 6.45) is 11.9. The number of carboxylic acid groups (broad SMARTS) is 1. The maximum Gasteiger partial charge on any atom is 0.303 e. The molecule has 0 radical (unpaired) electrons. The number of nitrogens with zero attached hydrogens (tertiary/aromatic N) is 3. The van der Waals surface area contributed by atoms with Crippen molar-refractivity contribution >= 4 is 11.7 Å². The molecule has 0 unspecified atom stereocenters. The molecular weight excluding hydrogens is 270 g/mol. The predicted octanol–water partition coefficient (Wildman–Crippen LogP) is 2.70. The summed E-state index contributed by atoms with van der Waals surface area (Å²) < 4.78 is 2.00. The van der Waals surface area contributed by atoms with Gasteiger partial charge in [-0.2, -0.15) is 0 Å². The zero-order valence-electron chi connectivity index (χ0n) is 12.3. The third-order valence-corrected chi connectivity index (χ3v) is 3.79. The monoisotopic (exact) mass is 293 g/mol. The van der Waals surface area contributed by atoms with Crippen LogP contribution in [0.2, 0.25) is 0 Å². The number of hydrogen-bond donors (Lipinski definition) is 1. The Morgan fingerprint density at radius 3 is 2.86 bits per heavy atom. The Labute approximate surface area is 124 Å². The van der Waals surface area contributed by atoms with Crippen LogP contribution in [0, 0.1) is 5.92 Å². The summed E-state index contributed by atoms with van der Waals surface area (Å²) in [7, 11) is 0. The first-order chi connectivity index (χ1) is 10.3. The lowest BCUT2D eigenvalue weighted by Crippen LogP contribution is -2.18. The molecule has 1 aliphatic carbocycles. The number of rotatable bonds is 9. The summed E-state index contributed by atoms with van der Waals surface area (Å²) in [5, 5.41) is 12.9. The number of hydrogen-bond acceptors (Lipinski definition) is 4. The van der Waals surface area contributed by atoms with E-state index in [2.05, 4.69) is 10.1 Å². The number of oxime groups is 1. The van der Waals surface area contributed by atoms with Crippen LogP contribution in [0.25, 0.3) is 0 Å². The molecule has 1 saturated carbocycles. The van der Waals surface area contributed by atoms with Crippen molar-refractivity contribution in [3.05, 3.63) is 18.7 Å². The van der Waals surface area contributed by atoms with E-state index in [1.165, 1.54) is 25.7 Å². The van der Waals surface area contributed by atoms with Crippen molar-refractivity contribution in [2.75, 3.05) is 6.61 Å². The number of imidazole rings is 1. The van der Waals surface area contributed by atoms with Gasteiger partial charge in [-0.05, 0) is 25.7 Å². The van der Waals surface area contributed by atoms with Gasteiger partial charge in [0.25, 0.3) is 0 Å². The average molecular weight is 293 g/mol. The number of aliphatic carboxylic acids is 1. The molecule has 1 N–H and O–H groups in total. The van der Waals surface area contributed by atoms with E-state index in [1.807, 2.05) is 10.8 Å². The zero-order valence-corrected chi connectivity index (χ0v) is 12.3. The van der Waals surface area contributed by atoms with Gasteiger partial charge < -0.3 is 14.5 Å². The van der Waals surface area contributed by atoms with E-state index in [-0.39, 0.29) is 6.42 Å². The van der Waals surface area contributed by atoms with Crippen LogP contribution in [-0.2, 0) is 16.2 Å². The molecule has 0 atom stereocenters. The number of carbonyl (C=O) groups is 1. The topological polar surface area (TPSA) is 76.7 Å². The predicted molar refractivity (Wildman–Crippen MR) is 79.1 cm³/mol. The highest BCUT2D eigenvalue weighted by Gasteiger charge is 2.21. The lowest BCUT2D eigenvalue weighted by atomic mass is 10.0. The van der Waals surface area contributed by atoms with E-state index in [4.69, 9.17) is 9.94 Å². The fourth-order valence-corrected chi connectivity index (χ4v) is 2.63. The fourth-order valence-electron chi connectivity index (χ4n) is 2.63. The summed E-state index contributed by atoms with van der Waals surface area (Å²) in [4.78, 5) is 19.9. The van der Waals surface area contributed by atoms with E-state index in [0.717, 1.165) is 18.7 Å². The molecule has 116 valence electrons. The lowest BCUT2D eigenvalue weighted by Gasteiger charge is -2.13. The molecule has 1 aromatic heterocycles. The maximum absolute atomic E-state index is 10.4. The molecule has 6 heteroatoms. The van der Waals surface area contributed by atoms with Crippen molar-refractivity contribution in [1.82, 2.24) is 9.55 Å². The zero-order chi connectivity index (χ0) is 14.9. The average Bonchev–Trinajstić information content (AvgIpc) is 3.13. The molecule has 0 amide bonds. The maximum atomic E-state index is 10.4. The molecule has 0 bridgehead atoms. The first kappa shape index (κ1) is 15.5. The number of unbranched alkanes of at least 4 members (excludes halogenated alkanes) is 1. The summed E-state index contributed by atoms with van der Waals surface area (Å²) in [6, 6.07) is 0. The van der Waals surface area contributed by atoms with Gasteiger partial charge in [0.05, 0.1) is 18.6 Å². The van der Waals surface area contributed by atoms with E-state index in [9.17, 15) is 4.79 Å². The van der Waals surface area contributed by atoms with Crippen molar-refractivity contribution < 1.29 is 14.7 Å². The van der Waals surface area contributed by atoms with E-state index >= 15 is 0 Å². The Bertz CT molecular complexity index is 451. The van der Waals surface area contributed by atoms with Gasteiger partial charge in [0.2, 0.25) is 0 Å². The Morgan fingerprint density at radius 2 is 2.19 bits per heavy atom. The Balaban J connectivity index is 1.79. The molecular formula is C15H23N3O3. The first-order valence-electron chi connectivity index (χ1n) is 7.62. The van der Waals surface area contributed by atoms with Crippen LogP contribution in [0.15, 0.2) is 23.9 Å². The summed E-state index contributed by atoms with van der Waals surface area (Å²) >= 11 is 0. The molecule has 6 nitrogen and oxygen atoms in total. The summed E-state index contributed by atoms with van der Waals surface area (Å²) in [6.45, 7) is 1.20. The molecule has 0 aromatic carbocycles. The Kier molecular flexibility index (Phi) is 6.24. The normalized spacial score (nSPS) is 16.3. The van der Waals surface area contributed by atoms with Crippen LogP contribution in [0.5, 0.6) is 0 Å². The van der Waals surface area contributed by atoms with Gasteiger partial charge >= 0.3 is 5.97 Å². The number of aromatic nitrogens is 2. The van der Waals surface area contributed by atoms with E-state index in [1.54, 1.807) is 12.5 Å². The Morgan fingerprint density at radius 1 is 1.38 bits per heavy atom. The van der Waals surface area contributed by atoms with Crippen molar-refractivity contribution in [3.63, 3.8) is 0 Å². The van der Waals surface area contributed by atoms with Crippen LogP contribution in [0.1, 0.15) is 44.9 Å². The van der Waals surface area contributed by atoms with Crippen molar-refractivity contribution in [2.24, 2.45) is 11.1 Å². The van der Waals surface area contributed by atoms with Gasteiger partial charge in [0.1, 0.15) is 6.61 Å². The SMILES string of the molecule is O=C(O)CCCCON=C(Cn1ccnc1)C1CCCC1. The van der Waals surface area contributed by atoms with Crippen molar-refractivity contribution in [2.45, 2.75) is 51.5 Å². The van der Waals surface area contributed by atoms with Gasteiger partial charge in [-0.25, -0.2) is 4.98 Å². The molecule has 0 saturated heterocycles. The van der Waals surface area contributed by atoms with Crippen molar-refractivity contribution in [3.8, 4) is 0 Å². The minimum atomic E-state index is -0.759.